The molecule has 0 aromatic carbocycles. The molecule has 0 aliphatic rings. The number of carbonyl (C=O) groups excluding carboxylic acids is 2. The summed E-state index contributed by atoms with van der Waals surface area (Å²) in [5.41, 5.74) is 0. The Balaban J connectivity index is 4.39. The Hall–Kier alpha value is -1.11. The molecule has 0 heterocycles. The van der Waals surface area contributed by atoms with E-state index in [2.05, 4.69) is 4.74 Å². The monoisotopic (exact) mass is 251 g/mol. The van der Waals surface area contributed by atoms with E-state index in [-0.39, 0.29) is 19.7 Å². The van der Waals surface area contributed by atoms with Crippen LogP contribution in [0.4, 0.5) is 0 Å². The molecule has 0 N–H and O–H groups in total. The van der Waals surface area contributed by atoms with E-state index < -0.39 is 27.5 Å². The van der Waals surface area contributed by atoms with Gasteiger partial charge in [0.25, 0.3) is 0 Å². The Morgan fingerprint density at radius 2 is 1.81 bits per heavy atom. The predicted molar refractivity (Wildman–Crippen MR) is 58.6 cm³/mol. The number of likely N-dealkylation sites (N-methyl/N-ethyl adjacent to an activating group) is 1. The minimum atomic E-state index is -3.37. The van der Waals surface area contributed by atoms with Crippen LogP contribution in [0.15, 0.2) is 0 Å². The number of hydrogen-bond donors (Lipinski definition) is 0. The number of sulfone groups is 1. The molecule has 0 fully saturated rings. The number of hydrogen-bond acceptors (Lipinski definition) is 5. The molecular weight excluding hydrogens is 234 g/mol. The zero-order valence-corrected chi connectivity index (χ0v) is 10.5. The van der Waals surface area contributed by atoms with Crippen LogP contribution in [-0.4, -0.2) is 56.9 Å². The van der Waals surface area contributed by atoms with Crippen molar-refractivity contribution in [2.24, 2.45) is 0 Å². The standard InChI is InChI=1S/C9H17NO5S/c1-4-10(6-9(12)15-5-2)8(11)7-16(3,13)14/h4-7H2,1-3H3. The minimum Gasteiger partial charge on any atom is -0.465 e. The molecule has 0 bridgehead atoms. The average molecular weight is 251 g/mol. The number of rotatable bonds is 6. The van der Waals surface area contributed by atoms with Gasteiger partial charge in [-0.3, -0.25) is 9.59 Å². The first-order valence-electron chi connectivity index (χ1n) is 4.91. The Labute approximate surface area is 95.5 Å². The van der Waals surface area contributed by atoms with E-state index in [1.54, 1.807) is 13.8 Å². The summed E-state index contributed by atoms with van der Waals surface area (Å²) in [6.45, 7) is 3.62. The van der Waals surface area contributed by atoms with Gasteiger partial charge in [-0.1, -0.05) is 0 Å². The lowest BCUT2D eigenvalue weighted by Crippen LogP contribution is -2.39. The van der Waals surface area contributed by atoms with Crippen molar-refractivity contribution in [3.8, 4) is 0 Å². The van der Waals surface area contributed by atoms with Gasteiger partial charge in [0.15, 0.2) is 9.84 Å². The van der Waals surface area contributed by atoms with Crippen LogP contribution >= 0.6 is 0 Å². The van der Waals surface area contributed by atoms with Crippen molar-refractivity contribution in [1.82, 2.24) is 4.90 Å². The van der Waals surface area contributed by atoms with E-state index in [9.17, 15) is 18.0 Å². The van der Waals surface area contributed by atoms with Crippen molar-refractivity contribution in [2.75, 3.05) is 31.7 Å². The number of amides is 1. The summed E-state index contributed by atoms with van der Waals surface area (Å²) < 4.78 is 26.5. The van der Waals surface area contributed by atoms with Crippen LogP contribution in [-0.2, 0) is 24.2 Å². The summed E-state index contributed by atoms with van der Waals surface area (Å²) in [5.74, 6) is -1.70. The van der Waals surface area contributed by atoms with Crippen molar-refractivity contribution >= 4 is 21.7 Å². The molecular formula is C9H17NO5S. The first-order valence-corrected chi connectivity index (χ1v) is 6.97. The topological polar surface area (TPSA) is 80.8 Å². The Morgan fingerprint density at radius 1 is 1.25 bits per heavy atom. The summed E-state index contributed by atoms with van der Waals surface area (Å²) >= 11 is 0. The molecule has 6 nitrogen and oxygen atoms in total. The van der Waals surface area contributed by atoms with Crippen molar-refractivity contribution in [2.45, 2.75) is 13.8 Å². The maximum absolute atomic E-state index is 11.5. The third-order valence-corrected chi connectivity index (χ3v) is 2.52. The Morgan fingerprint density at radius 3 is 2.19 bits per heavy atom. The second-order valence-electron chi connectivity index (χ2n) is 3.28. The highest BCUT2D eigenvalue weighted by Gasteiger charge is 2.19. The molecule has 0 radical (unpaired) electrons. The van der Waals surface area contributed by atoms with Gasteiger partial charge in [0.05, 0.1) is 6.61 Å². The fraction of sp³-hybridized carbons (Fsp3) is 0.778. The van der Waals surface area contributed by atoms with E-state index in [0.29, 0.717) is 0 Å². The predicted octanol–water partition coefficient (Wildman–Crippen LogP) is -0.557. The highest BCUT2D eigenvalue weighted by Crippen LogP contribution is 1.95. The SMILES string of the molecule is CCOC(=O)CN(CC)C(=O)CS(C)(=O)=O. The van der Waals surface area contributed by atoms with Crippen LogP contribution in [0, 0.1) is 0 Å². The molecule has 0 saturated carbocycles. The minimum absolute atomic E-state index is 0.210. The van der Waals surface area contributed by atoms with E-state index >= 15 is 0 Å². The van der Waals surface area contributed by atoms with Gasteiger partial charge < -0.3 is 9.64 Å². The van der Waals surface area contributed by atoms with E-state index in [1.807, 2.05) is 0 Å². The summed E-state index contributed by atoms with van der Waals surface area (Å²) in [7, 11) is -3.37. The first kappa shape index (κ1) is 14.9. The van der Waals surface area contributed by atoms with Crippen LogP contribution in [0.2, 0.25) is 0 Å². The lowest BCUT2D eigenvalue weighted by molar-refractivity contribution is -0.148. The lowest BCUT2D eigenvalue weighted by atomic mass is 10.4. The number of esters is 1. The van der Waals surface area contributed by atoms with Crippen molar-refractivity contribution < 1.29 is 22.7 Å². The second kappa shape index (κ2) is 6.47. The van der Waals surface area contributed by atoms with E-state index in [1.165, 1.54) is 0 Å². The van der Waals surface area contributed by atoms with Crippen LogP contribution < -0.4 is 0 Å². The van der Waals surface area contributed by atoms with Gasteiger partial charge in [-0.2, -0.15) is 0 Å². The first-order chi connectivity index (χ1) is 7.30. The Bertz CT molecular complexity index is 349. The third-order valence-electron chi connectivity index (χ3n) is 1.75. The third kappa shape index (κ3) is 6.39. The van der Waals surface area contributed by atoms with Gasteiger partial charge in [-0.15, -0.1) is 0 Å². The zero-order chi connectivity index (χ0) is 12.8. The zero-order valence-electron chi connectivity index (χ0n) is 9.73. The quantitative estimate of drug-likeness (QED) is 0.591. The molecule has 0 aromatic heterocycles. The van der Waals surface area contributed by atoms with E-state index in [0.717, 1.165) is 11.2 Å². The van der Waals surface area contributed by atoms with Crippen LogP contribution in [0.1, 0.15) is 13.8 Å². The number of carbonyl (C=O) groups is 2. The summed E-state index contributed by atoms with van der Waals surface area (Å²) in [4.78, 5) is 23.7. The van der Waals surface area contributed by atoms with Gasteiger partial charge in [0.2, 0.25) is 5.91 Å². The molecule has 16 heavy (non-hydrogen) atoms. The fourth-order valence-electron chi connectivity index (χ4n) is 1.05. The maximum atomic E-state index is 11.5. The van der Waals surface area contributed by atoms with Crippen LogP contribution in [0.5, 0.6) is 0 Å². The molecule has 7 heteroatoms. The second-order valence-corrected chi connectivity index (χ2v) is 5.42. The highest BCUT2D eigenvalue weighted by molar-refractivity contribution is 7.91. The Kier molecular flexibility index (Phi) is 6.02. The largest absolute Gasteiger partial charge is 0.465 e. The van der Waals surface area contributed by atoms with Crippen molar-refractivity contribution in [3.05, 3.63) is 0 Å². The van der Waals surface area contributed by atoms with E-state index in [4.69, 9.17) is 0 Å². The summed E-state index contributed by atoms with van der Waals surface area (Å²) in [5, 5.41) is 0. The normalized spacial score (nSPS) is 10.9. The lowest BCUT2D eigenvalue weighted by Gasteiger charge is -2.19. The molecule has 0 spiro atoms. The molecule has 0 saturated heterocycles. The average Bonchev–Trinajstić information content (AvgIpc) is 2.11. The van der Waals surface area contributed by atoms with Crippen LogP contribution in [0.25, 0.3) is 0 Å². The number of nitrogens with zero attached hydrogens (tertiary/aromatic N) is 1. The molecule has 0 aliphatic heterocycles. The van der Waals surface area contributed by atoms with Gasteiger partial charge >= 0.3 is 5.97 Å². The smallest absolute Gasteiger partial charge is 0.325 e. The van der Waals surface area contributed by atoms with Gasteiger partial charge in [-0.25, -0.2) is 8.42 Å². The molecule has 0 rings (SSSR count). The van der Waals surface area contributed by atoms with Crippen LogP contribution in [0.3, 0.4) is 0 Å². The molecule has 0 aliphatic carbocycles. The van der Waals surface area contributed by atoms with Gasteiger partial charge in [0, 0.05) is 12.8 Å². The molecule has 0 unspecified atom stereocenters. The summed E-state index contributed by atoms with van der Waals surface area (Å²) in [6, 6.07) is 0. The molecule has 1 amide bonds. The molecule has 0 aromatic rings. The fourth-order valence-corrected chi connectivity index (χ4v) is 1.69. The maximum Gasteiger partial charge on any atom is 0.325 e. The number of ether oxygens (including phenoxy) is 1. The summed E-state index contributed by atoms with van der Waals surface area (Å²) in [6.07, 6.45) is 0.975. The van der Waals surface area contributed by atoms with Gasteiger partial charge in [0.1, 0.15) is 12.3 Å². The van der Waals surface area contributed by atoms with Crippen molar-refractivity contribution in [3.63, 3.8) is 0 Å². The van der Waals surface area contributed by atoms with Crippen molar-refractivity contribution in [1.29, 1.82) is 0 Å². The van der Waals surface area contributed by atoms with Gasteiger partial charge in [-0.05, 0) is 13.8 Å². The molecule has 94 valence electrons. The highest BCUT2D eigenvalue weighted by atomic mass is 32.2. The molecule has 0 atom stereocenters.